The zero-order chi connectivity index (χ0) is 86.3. The Bertz CT molecular complexity index is 2200. The van der Waals surface area contributed by atoms with Gasteiger partial charge in [0.05, 0.1) is 71.8 Å². The molecule has 12 aromatic rings. The Labute approximate surface area is 668 Å². The smallest absolute Gasteiger partial charge is 0.250 e. The van der Waals surface area contributed by atoms with E-state index < -0.39 is 0 Å². The molecular weight excluding hydrogens is 1440 g/mol. The predicted octanol–water partition coefficient (Wildman–Crippen LogP) is 20.3. The Morgan fingerprint density at radius 3 is 0.936 bits per heavy atom. The fourth-order valence-electron chi connectivity index (χ4n) is 2.18. The number of nitrogens with zero attached hydrogens (tertiary/aromatic N) is 27. The highest BCUT2D eigenvalue weighted by molar-refractivity contribution is 7.02. The third kappa shape index (κ3) is 265. The molecule has 0 aliphatic carbocycles. The molecule has 0 atom stereocenters. The molecule has 36 heteroatoms. The van der Waals surface area contributed by atoms with Gasteiger partial charge >= 0.3 is 0 Å². The van der Waals surface area contributed by atoms with Crippen molar-refractivity contribution in [1.29, 1.82) is 0 Å². The lowest BCUT2D eigenvalue weighted by molar-refractivity contribution is 0.292. The van der Waals surface area contributed by atoms with Gasteiger partial charge in [0.2, 0.25) is 0 Å². The van der Waals surface area contributed by atoms with Crippen LogP contribution in [0.15, 0.2) is 188 Å². The number of aromatic amines is 1. The van der Waals surface area contributed by atoms with E-state index in [0.717, 1.165) is 76.8 Å². The van der Waals surface area contributed by atoms with Crippen molar-refractivity contribution in [2.45, 2.75) is 248 Å². The standard InChI is InChI=1S/C4H7N3O.C4H4N2.11C4H10.2C3H3N3.C3H4N2.2C3H3NO.2C2H2N2O.CHN3O.2CHN3S/c1-3(2)4-5-6-7-8-4;1-2-4-6-5-3-1;11*1-4(2)3;1-2-5-6-3-4-1;1-2-4-6-5-3-1;1-2-4-5-3-1;1-2-5-3-4-1;1-2-4-5-3-1;1-2-5-4-3-1;2*1-2-4-5-3-1;1-2-3-4-5-1;1-2-4-5-3-1/h3H,1-2H3;1-4H;11*4H,1-3H3;2*1-3H;1-3H,(H,4,5);2*1-3H;2*1-2H;3*1H. The highest BCUT2D eigenvalue weighted by Crippen LogP contribution is 2.06. The van der Waals surface area contributed by atoms with Crippen LogP contribution in [0.25, 0.3) is 0 Å². The minimum absolute atomic E-state index is 0.282. The van der Waals surface area contributed by atoms with Gasteiger partial charge in [0.1, 0.15) is 30.6 Å². The van der Waals surface area contributed by atoms with Crippen molar-refractivity contribution >= 4 is 23.3 Å². The molecule has 0 amide bonds. The van der Waals surface area contributed by atoms with E-state index in [0.29, 0.717) is 5.89 Å². The largest absolute Gasteiger partial charge is 0.452 e. The van der Waals surface area contributed by atoms with Gasteiger partial charge in [-0.05, 0) is 116 Å². The highest BCUT2D eigenvalue weighted by atomic mass is 32.1. The number of H-pyrrole nitrogens is 1. The molecule has 0 saturated heterocycles. The maximum absolute atomic E-state index is 4.62. The van der Waals surface area contributed by atoms with Gasteiger partial charge in [0.25, 0.3) is 5.89 Å². The van der Waals surface area contributed by atoms with Crippen molar-refractivity contribution < 1.29 is 27.2 Å². The van der Waals surface area contributed by atoms with Gasteiger partial charge in [-0.15, -0.1) is 30.6 Å². The van der Waals surface area contributed by atoms with Crippen LogP contribution in [0, 0.1) is 65.1 Å². The van der Waals surface area contributed by atoms with Gasteiger partial charge in [-0.3, -0.25) is 5.10 Å². The second-order valence-electron chi connectivity index (χ2n) is 28.2. The Hall–Kier alpha value is -9.87. The molecule has 0 bridgehead atoms. The first-order chi connectivity index (χ1) is 51.9. The van der Waals surface area contributed by atoms with Crippen LogP contribution < -0.4 is 0 Å². The van der Waals surface area contributed by atoms with Crippen LogP contribution in [0.5, 0.6) is 0 Å². The van der Waals surface area contributed by atoms with Crippen molar-refractivity contribution in [3.8, 4) is 0 Å². The van der Waals surface area contributed by atoms with E-state index in [1.165, 1.54) is 80.5 Å². The fraction of sp³-hybridized carbons (Fsp3) is 0.635. The minimum Gasteiger partial charge on any atom is -0.452 e. The van der Waals surface area contributed by atoms with Crippen LogP contribution in [0.2, 0.25) is 0 Å². The first-order valence-electron chi connectivity index (χ1n) is 36.1. The van der Waals surface area contributed by atoms with Crippen molar-refractivity contribution in [3.63, 3.8) is 0 Å². The molecule has 0 aliphatic heterocycles. The molecule has 0 saturated carbocycles. The number of oxazole rings is 1. The first kappa shape index (κ1) is 124. The highest BCUT2D eigenvalue weighted by Gasteiger charge is 2.03. The lowest BCUT2D eigenvalue weighted by Crippen LogP contribution is -1.85. The summed E-state index contributed by atoms with van der Waals surface area (Å²) in [6.45, 7) is 75.4. The molecule has 628 valence electrons. The molecule has 34 nitrogen and oxygen atoms in total. The average Bonchev–Trinajstić information content (AvgIpc) is 1.83. The average molecular weight is 1590 g/mol. The van der Waals surface area contributed by atoms with Crippen LogP contribution in [-0.2, 0) is 0 Å². The third-order valence-electron chi connectivity index (χ3n) is 4.46. The van der Waals surface area contributed by atoms with Crippen molar-refractivity contribution in [3.05, 3.63) is 166 Å². The SMILES string of the molecule is CC(C)C.CC(C)C.CC(C)C.CC(C)C.CC(C)C.CC(C)C.CC(C)C.CC(C)C.CC(C)C.CC(C)C.CC(C)C.CC(C)c1nnno1.c1ccnnc1.c1cn[nH]c1.c1cnncn1.c1cnnnc1.c1cnoc1.c1cnon1.c1cocn1.c1conn1.c1nnns1.c1nnon1.c1nnsn1. The lowest BCUT2D eigenvalue weighted by Gasteiger charge is -1.89. The van der Waals surface area contributed by atoms with Gasteiger partial charge < -0.3 is 18.0 Å². The number of aromatic nitrogens is 28. The Balaban J connectivity index is -0.000000104. The fourth-order valence-corrected chi connectivity index (χ4v) is 2.60. The van der Waals surface area contributed by atoms with Crippen molar-refractivity contribution in [2.75, 3.05) is 0 Å². The molecular formula is C74H144N28O6S2. The molecule has 0 unspecified atom stereocenters. The molecule has 0 spiro atoms. The topological polar surface area (TPSA) is 443 Å². The van der Waals surface area contributed by atoms with E-state index >= 15 is 0 Å². The zero-order valence-electron chi connectivity index (χ0n) is 73.3. The van der Waals surface area contributed by atoms with Crippen LogP contribution in [0.3, 0.4) is 0 Å². The minimum atomic E-state index is 0.282. The number of hydrogen-bond acceptors (Lipinski definition) is 35. The number of rotatable bonds is 1. The van der Waals surface area contributed by atoms with Crippen molar-refractivity contribution in [1.82, 2.24) is 142 Å². The number of hydrogen-bond donors (Lipinski definition) is 1. The summed E-state index contributed by atoms with van der Waals surface area (Å²) in [5, 5.41) is 75.9. The van der Waals surface area contributed by atoms with E-state index in [1.54, 1.807) is 73.4 Å². The molecule has 1 N–H and O–H groups in total. The van der Waals surface area contributed by atoms with Crippen LogP contribution in [0.4, 0.5) is 0 Å². The van der Waals surface area contributed by atoms with E-state index in [4.69, 9.17) is 0 Å². The first-order valence-corrected chi connectivity index (χ1v) is 37.7. The summed E-state index contributed by atoms with van der Waals surface area (Å²) in [5.74, 6) is 10.0. The summed E-state index contributed by atoms with van der Waals surface area (Å²) in [7, 11) is 0. The molecule has 110 heavy (non-hydrogen) atoms. The normalized spacial score (nSPS) is 8.57. The molecule has 0 aromatic carbocycles. The maximum Gasteiger partial charge on any atom is 0.250 e. The summed E-state index contributed by atoms with van der Waals surface area (Å²) < 4.78 is 36.1. The van der Waals surface area contributed by atoms with Gasteiger partial charge in [-0.2, -0.15) is 24.8 Å². The van der Waals surface area contributed by atoms with Gasteiger partial charge in [0.15, 0.2) is 19.0 Å². The van der Waals surface area contributed by atoms with Crippen LogP contribution in [0.1, 0.15) is 254 Å². The molecule has 12 aromatic heterocycles. The molecule has 0 fully saturated rings. The predicted molar refractivity (Wildman–Crippen MR) is 441 cm³/mol. The maximum atomic E-state index is 4.62. The second kappa shape index (κ2) is 115. The summed E-state index contributed by atoms with van der Waals surface area (Å²) in [4.78, 5) is 7.17. The van der Waals surface area contributed by atoms with Gasteiger partial charge in [-0.1, -0.05) is 277 Å². The molecule has 12 heterocycles. The molecule has 0 radical (unpaired) electrons. The summed E-state index contributed by atoms with van der Waals surface area (Å²) in [6, 6.07) is 8.92. The summed E-state index contributed by atoms with van der Waals surface area (Å²) in [6.07, 6.45) is 30.4. The van der Waals surface area contributed by atoms with Crippen LogP contribution >= 0.6 is 23.3 Å². The summed E-state index contributed by atoms with van der Waals surface area (Å²) in [5.41, 5.74) is 1.57. The second-order valence-corrected chi connectivity index (χ2v) is 29.4. The monoisotopic (exact) mass is 1590 g/mol. The lowest BCUT2D eigenvalue weighted by atomic mass is 10.2. The molecule has 0 aliphatic rings. The number of nitrogens with one attached hydrogen (secondary N) is 1. The Kier molecular flexibility index (Phi) is 129. The van der Waals surface area contributed by atoms with Crippen LogP contribution in [-0.4, -0.2) is 142 Å². The van der Waals surface area contributed by atoms with E-state index in [9.17, 15) is 0 Å². The Morgan fingerprint density at radius 2 is 0.818 bits per heavy atom. The van der Waals surface area contributed by atoms with E-state index in [-0.39, 0.29) is 5.92 Å². The quantitative estimate of drug-likeness (QED) is 0.159. The Morgan fingerprint density at radius 1 is 0.318 bits per heavy atom. The van der Waals surface area contributed by atoms with Gasteiger partial charge in [0, 0.05) is 53.7 Å². The van der Waals surface area contributed by atoms with Gasteiger partial charge in [-0.25, -0.2) is 19.2 Å². The molecule has 12 rings (SSSR count). The zero-order valence-corrected chi connectivity index (χ0v) is 74.9. The van der Waals surface area contributed by atoms with Crippen molar-refractivity contribution in [2.24, 2.45) is 65.1 Å². The summed E-state index contributed by atoms with van der Waals surface area (Å²) >= 11 is 2.34. The van der Waals surface area contributed by atoms with E-state index in [2.05, 4.69) is 397 Å². The van der Waals surface area contributed by atoms with E-state index in [1.807, 2.05) is 32.0 Å². The third-order valence-corrected chi connectivity index (χ3v) is 5.17.